The number of carbonyl (C=O) groups is 1. The molecule has 5 heteroatoms. The standard InChI is InChI=1S/C13H18ClN3O/c1-16(9-11-4-5-15-12(14)8-11)10-13(18)17-6-2-3-7-17/h4-5,8H,2-3,6-7,9-10H2,1H3. The number of nitrogens with zero attached hydrogens (tertiary/aromatic N) is 3. The molecule has 0 aliphatic carbocycles. The van der Waals surface area contributed by atoms with E-state index in [-0.39, 0.29) is 5.91 Å². The fraction of sp³-hybridized carbons (Fsp3) is 0.538. The zero-order chi connectivity index (χ0) is 13.0. The predicted octanol–water partition coefficient (Wildman–Crippen LogP) is 1.79. The average molecular weight is 268 g/mol. The third-order valence-corrected chi connectivity index (χ3v) is 3.31. The molecule has 2 rings (SSSR count). The van der Waals surface area contributed by atoms with E-state index >= 15 is 0 Å². The molecule has 4 nitrogen and oxygen atoms in total. The molecule has 2 heterocycles. The van der Waals surface area contributed by atoms with Gasteiger partial charge in [-0.25, -0.2) is 4.98 Å². The van der Waals surface area contributed by atoms with Crippen LogP contribution in [0.15, 0.2) is 18.3 Å². The van der Waals surface area contributed by atoms with E-state index in [4.69, 9.17) is 11.6 Å². The van der Waals surface area contributed by atoms with Crippen LogP contribution in [0.25, 0.3) is 0 Å². The van der Waals surface area contributed by atoms with Crippen molar-refractivity contribution in [3.05, 3.63) is 29.0 Å². The van der Waals surface area contributed by atoms with E-state index in [2.05, 4.69) is 4.98 Å². The highest BCUT2D eigenvalue weighted by molar-refractivity contribution is 6.29. The molecule has 0 N–H and O–H groups in total. The summed E-state index contributed by atoms with van der Waals surface area (Å²) in [5.41, 5.74) is 1.08. The highest BCUT2D eigenvalue weighted by Gasteiger charge is 2.18. The molecule has 0 atom stereocenters. The van der Waals surface area contributed by atoms with Gasteiger partial charge in [0.15, 0.2) is 0 Å². The first-order valence-electron chi connectivity index (χ1n) is 6.22. The smallest absolute Gasteiger partial charge is 0.236 e. The monoisotopic (exact) mass is 267 g/mol. The number of likely N-dealkylation sites (N-methyl/N-ethyl adjacent to an activating group) is 1. The number of pyridine rings is 1. The molecular formula is C13H18ClN3O. The van der Waals surface area contributed by atoms with Crippen LogP contribution >= 0.6 is 11.6 Å². The Balaban J connectivity index is 1.84. The number of amides is 1. The van der Waals surface area contributed by atoms with E-state index in [1.165, 1.54) is 0 Å². The van der Waals surface area contributed by atoms with E-state index in [1.54, 1.807) is 6.20 Å². The summed E-state index contributed by atoms with van der Waals surface area (Å²) in [5.74, 6) is 0.218. The fourth-order valence-corrected chi connectivity index (χ4v) is 2.40. The second-order valence-electron chi connectivity index (χ2n) is 4.75. The number of rotatable bonds is 4. The maximum Gasteiger partial charge on any atom is 0.236 e. The Morgan fingerprint density at radius 3 is 2.89 bits per heavy atom. The van der Waals surface area contributed by atoms with Gasteiger partial charge in [0.1, 0.15) is 5.15 Å². The SMILES string of the molecule is CN(CC(=O)N1CCCC1)Cc1ccnc(Cl)c1. The zero-order valence-electron chi connectivity index (χ0n) is 10.6. The van der Waals surface area contributed by atoms with Gasteiger partial charge >= 0.3 is 0 Å². The van der Waals surface area contributed by atoms with E-state index in [9.17, 15) is 4.79 Å². The summed E-state index contributed by atoms with van der Waals surface area (Å²) < 4.78 is 0. The Bertz CT molecular complexity index is 418. The minimum Gasteiger partial charge on any atom is -0.342 e. The van der Waals surface area contributed by atoms with Crippen LogP contribution in [0.5, 0.6) is 0 Å². The van der Waals surface area contributed by atoms with Crippen molar-refractivity contribution in [2.45, 2.75) is 19.4 Å². The lowest BCUT2D eigenvalue weighted by Gasteiger charge is -2.21. The molecule has 1 fully saturated rings. The van der Waals surface area contributed by atoms with E-state index in [0.717, 1.165) is 31.5 Å². The van der Waals surface area contributed by atoms with Crippen LogP contribution in [0.2, 0.25) is 5.15 Å². The van der Waals surface area contributed by atoms with Crippen molar-refractivity contribution < 1.29 is 4.79 Å². The molecule has 0 radical (unpaired) electrons. The molecule has 18 heavy (non-hydrogen) atoms. The van der Waals surface area contributed by atoms with Crippen LogP contribution in [-0.4, -0.2) is 47.4 Å². The van der Waals surface area contributed by atoms with Gasteiger partial charge in [0, 0.05) is 25.8 Å². The molecule has 0 unspecified atom stereocenters. The summed E-state index contributed by atoms with van der Waals surface area (Å²) in [5, 5.41) is 0.492. The predicted molar refractivity (Wildman–Crippen MR) is 71.4 cm³/mol. The lowest BCUT2D eigenvalue weighted by molar-refractivity contribution is -0.131. The van der Waals surface area contributed by atoms with Crippen molar-refractivity contribution in [2.75, 3.05) is 26.7 Å². The van der Waals surface area contributed by atoms with Crippen LogP contribution in [-0.2, 0) is 11.3 Å². The largest absolute Gasteiger partial charge is 0.342 e. The summed E-state index contributed by atoms with van der Waals surface area (Å²) in [6, 6.07) is 3.75. The van der Waals surface area contributed by atoms with E-state index < -0.39 is 0 Å². The average Bonchev–Trinajstić information content (AvgIpc) is 2.81. The number of hydrogen-bond donors (Lipinski definition) is 0. The van der Waals surface area contributed by atoms with Crippen molar-refractivity contribution >= 4 is 17.5 Å². The van der Waals surface area contributed by atoms with Crippen LogP contribution in [0.1, 0.15) is 18.4 Å². The third-order valence-electron chi connectivity index (χ3n) is 3.11. The quantitative estimate of drug-likeness (QED) is 0.781. The first-order chi connectivity index (χ1) is 8.65. The number of aromatic nitrogens is 1. The van der Waals surface area contributed by atoms with Crippen LogP contribution in [0.4, 0.5) is 0 Å². The summed E-state index contributed by atoms with van der Waals surface area (Å²) in [7, 11) is 1.95. The Hall–Kier alpha value is -1.13. The van der Waals surface area contributed by atoms with Gasteiger partial charge in [-0.15, -0.1) is 0 Å². The molecular weight excluding hydrogens is 250 g/mol. The summed E-state index contributed by atoms with van der Waals surface area (Å²) in [4.78, 5) is 19.8. The second-order valence-corrected chi connectivity index (χ2v) is 5.13. The molecule has 0 saturated carbocycles. The molecule has 1 aliphatic heterocycles. The van der Waals surface area contributed by atoms with Gasteiger partial charge in [-0.1, -0.05) is 11.6 Å². The minimum atomic E-state index is 0.218. The molecule has 98 valence electrons. The normalized spacial score (nSPS) is 15.4. The van der Waals surface area contributed by atoms with Crippen LogP contribution < -0.4 is 0 Å². The topological polar surface area (TPSA) is 36.4 Å². The Morgan fingerprint density at radius 1 is 1.50 bits per heavy atom. The van der Waals surface area contributed by atoms with Crippen LogP contribution in [0.3, 0.4) is 0 Å². The first kappa shape index (κ1) is 13.3. The lowest BCUT2D eigenvalue weighted by Crippen LogP contribution is -2.36. The number of likely N-dealkylation sites (tertiary alicyclic amines) is 1. The van der Waals surface area contributed by atoms with Crippen molar-refractivity contribution in [1.82, 2.24) is 14.8 Å². The molecule has 0 spiro atoms. The molecule has 0 aromatic carbocycles. The summed E-state index contributed by atoms with van der Waals surface area (Å²) in [6.45, 7) is 2.99. The molecule has 1 saturated heterocycles. The number of carbonyl (C=O) groups excluding carboxylic acids is 1. The maximum absolute atomic E-state index is 12.0. The van der Waals surface area contributed by atoms with Crippen molar-refractivity contribution in [3.63, 3.8) is 0 Å². The number of halogens is 1. The Morgan fingerprint density at radius 2 is 2.22 bits per heavy atom. The van der Waals surface area contributed by atoms with Crippen molar-refractivity contribution in [1.29, 1.82) is 0 Å². The molecule has 1 aliphatic rings. The molecule has 0 bridgehead atoms. The highest BCUT2D eigenvalue weighted by atomic mass is 35.5. The zero-order valence-corrected chi connectivity index (χ0v) is 11.4. The van der Waals surface area contributed by atoms with E-state index in [1.807, 2.05) is 29.0 Å². The van der Waals surface area contributed by atoms with Gasteiger partial charge in [0.2, 0.25) is 5.91 Å². The molecule has 1 aromatic rings. The lowest BCUT2D eigenvalue weighted by atomic mass is 10.2. The van der Waals surface area contributed by atoms with Crippen molar-refractivity contribution in [2.24, 2.45) is 0 Å². The van der Waals surface area contributed by atoms with Gasteiger partial charge in [0.25, 0.3) is 0 Å². The van der Waals surface area contributed by atoms with Gasteiger partial charge in [-0.2, -0.15) is 0 Å². The molecule has 1 amide bonds. The summed E-state index contributed by atoms with van der Waals surface area (Å²) >= 11 is 5.83. The van der Waals surface area contributed by atoms with Gasteiger partial charge in [-0.05, 0) is 37.6 Å². The first-order valence-corrected chi connectivity index (χ1v) is 6.60. The second kappa shape index (κ2) is 6.16. The van der Waals surface area contributed by atoms with Gasteiger partial charge in [0.05, 0.1) is 6.54 Å². The minimum absolute atomic E-state index is 0.218. The fourth-order valence-electron chi connectivity index (χ4n) is 2.21. The van der Waals surface area contributed by atoms with Gasteiger partial charge < -0.3 is 4.90 Å². The van der Waals surface area contributed by atoms with Crippen LogP contribution in [0, 0.1) is 0 Å². The van der Waals surface area contributed by atoms with Crippen molar-refractivity contribution in [3.8, 4) is 0 Å². The number of hydrogen-bond acceptors (Lipinski definition) is 3. The summed E-state index contributed by atoms with van der Waals surface area (Å²) in [6.07, 6.45) is 3.96. The Labute approximate surface area is 113 Å². The van der Waals surface area contributed by atoms with Gasteiger partial charge in [-0.3, -0.25) is 9.69 Å². The molecule has 1 aromatic heterocycles. The third kappa shape index (κ3) is 3.68. The Kier molecular flexibility index (Phi) is 4.55. The highest BCUT2D eigenvalue weighted by Crippen LogP contribution is 2.11. The van der Waals surface area contributed by atoms with E-state index in [0.29, 0.717) is 18.2 Å². The maximum atomic E-state index is 12.0.